The highest BCUT2D eigenvalue weighted by Gasteiger charge is 2.44. The van der Waals surface area contributed by atoms with E-state index in [0.717, 1.165) is 26.1 Å². The molecule has 188 valence electrons. The SMILES string of the molecule is COc1cccc(O[C@H]2C[C@H](C(=O)N3CCCN(C4CCC4)CC3)N(C(=O)OC(C)(C)C)C2)c1. The van der Waals surface area contributed by atoms with Crippen molar-refractivity contribution in [3.8, 4) is 11.5 Å². The van der Waals surface area contributed by atoms with Gasteiger partial charge in [0.2, 0.25) is 5.91 Å². The fraction of sp³-hybridized carbons (Fsp3) is 0.692. The highest BCUT2D eigenvalue weighted by molar-refractivity contribution is 5.86. The van der Waals surface area contributed by atoms with Gasteiger partial charge >= 0.3 is 6.09 Å². The average molecular weight is 474 g/mol. The number of methoxy groups -OCH3 is 1. The van der Waals surface area contributed by atoms with E-state index in [4.69, 9.17) is 14.2 Å². The van der Waals surface area contributed by atoms with Gasteiger partial charge in [-0.3, -0.25) is 14.6 Å². The van der Waals surface area contributed by atoms with Crippen LogP contribution in [0.2, 0.25) is 0 Å². The molecule has 1 saturated carbocycles. The summed E-state index contributed by atoms with van der Waals surface area (Å²) in [4.78, 5) is 32.8. The maximum absolute atomic E-state index is 13.7. The Bertz CT molecular complexity index is 866. The first-order valence-corrected chi connectivity index (χ1v) is 12.6. The lowest BCUT2D eigenvalue weighted by molar-refractivity contribution is -0.135. The van der Waals surface area contributed by atoms with E-state index >= 15 is 0 Å². The maximum Gasteiger partial charge on any atom is 0.411 e. The zero-order chi connectivity index (χ0) is 24.3. The van der Waals surface area contributed by atoms with E-state index in [1.807, 2.05) is 49.9 Å². The molecule has 0 unspecified atom stereocenters. The Morgan fingerprint density at radius 2 is 1.76 bits per heavy atom. The fourth-order valence-corrected chi connectivity index (χ4v) is 4.99. The third-order valence-electron chi connectivity index (χ3n) is 6.95. The Hall–Kier alpha value is -2.48. The molecule has 1 aromatic carbocycles. The van der Waals surface area contributed by atoms with E-state index in [0.29, 0.717) is 37.1 Å². The van der Waals surface area contributed by atoms with Gasteiger partial charge in [0, 0.05) is 44.7 Å². The van der Waals surface area contributed by atoms with Gasteiger partial charge in [0.15, 0.2) is 0 Å². The third kappa shape index (κ3) is 5.95. The molecule has 34 heavy (non-hydrogen) atoms. The van der Waals surface area contributed by atoms with Gasteiger partial charge in [-0.2, -0.15) is 0 Å². The van der Waals surface area contributed by atoms with Gasteiger partial charge in [-0.25, -0.2) is 4.79 Å². The molecule has 2 atom stereocenters. The smallest absolute Gasteiger partial charge is 0.411 e. The van der Waals surface area contributed by atoms with E-state index in [-0.39, 0.29) is 12.0 Å². The Morgan fingerprint density at radius 3 is 2.44 bits per heavy atom. The lowest BCUT2D eigenvalue weighted by Crippen LogP contribution is -2.50. The van der Waals surface area contributed by atoms with E-state index in [1.54, 1.807) is 12.0 Å². The van der Waals surface area contributed by atoms with Crippen molar-refractivity contribution in [3.63, 3.8) is 0 Å². The first-order chi connectivity index (χ1) is 16.2. The second-order valence-corrected chi connectivity index (χ2v) is 10.6. The van der Waals surface area contributed by atoms with E-state index < -0.39 is 17.7 Å². The highest BCUT2D eigenvalue weighted by atomic mass is 16.6. The van der Waals surface area contributed by atoms with Crippen LogP contribution in [0.3, 0.4) is 0 Å². The molecule has 2 amide bonds. The quantitative estimate of drug-likeness (QED) is 0.652. The lowest BCUT2D eigenvalue weighted by atomic mass is 9.91. The summed E-state index contributed by atoms with van der Waals surface area (Å²) in [5.41, 5.74) is -0.637. The van der Waals surface area contributed by atoms with Crippen LogP contribution in [0.15, 0.2) is 24.3 Å². The minimum Gasteiger partial charge on any atom is -0.497 e. The van der Waals surface area contributed by atoms with E-state index in [9.17, 15) is 9.59 Å². The molecule has 8 heteroatoms. The normalized spacial score (nSPS) is 24.4. The molecular formula is C26H39N3O5. The van der Waals surface area contributed by atoms with Crippen molar-refractivity contribution in [3.05, 3.63) is 24.3 Å². The average Bonchev–Trinajstić information content (AvgIpc) is 3.02. The molecule has 3 fully saturated rings. The van der Waals surface area contributed by atoms with Gasteiger partial charge in [-0.1, -0.05) is 12.5 Å². The summed E-state index contributed by atoms with van der Waals surface area (Å²) in [6.45, 7) is 9.20. The van der Waals surface area contributed by atoms with Crippen molar-refractivity contribution >= 4 is 12.0 Å². The topological polar surface area (TPSA) is 71.6 Å². The molecule has 3 aliphatic rings. The number of ether oxygens (including phenoxy) is 3. The highest BCUT2D eigenvalue weighted by Crippen LogP contribution is 2.29. The Morgan fingerprint density at radius 1 is 1.00 bits per heavy atom. The van der Waals surface area contributed by atoms with Gasteiger partial charge in [-0.15, -0.1) is 0 Å². The number of likely N-dealkylation sites (tertiary alicyclic amines) is 1. The van der Waals surface area contributed by atoms with Crippen molar-refractivity contribution in [2.75, 3.05) is 39.8 Å². The molecule has 8 nitrogen and oxygen atoms in total. The van der Waals surface area contributed by atoms with Gasteiger partial charge in [0.25, 0.3) is 0 Å². The van der Waals surface area contributed by atoms with Crippen LogP contribution < -0.4 is 9.47 Å². The van der Waals surface area contributed by atoms with Crippen LogP contribution in [0.5, 0.6) is 11.5 Å². The molecule has 2 saturated heterocycles. The third-order valence-corrected chi connectivity index (χ3v) is 6.95. The molecule has 0 aromatic heterocycles. The molecule has 0 N–H and O–H groups in total. The monoisotopic (exact) mass is 473 g/mol. The number of rotatable bonds is 5. The molecule has 0 bridgehead atoms. The summed E-state index contributed by atoms with van der Waals surface area (Å²) >= 11 is 0. The summed E-state index contributed by atoms with van der Waals surface area (Å²) in [7, 11) is 1.61. The van der Waals surface area contributed by atoms with Crippen LogP contribution in [0.4, 0.5) is 4.79 Å². The Kier molecular flexibility index (Phi) is 7.55. The number of hydrogen-bond donors (Lipinski definition) is 0. The fourth-order valence-electron chi connectivity index (χ4n) is 4.99. The number of carbonyl (C=O) groups excluding carboxylic acids is 2. The van der Waals surface area contributed by atoms with Gasteiger partial charge in [0.1, 0.15) is 29.2 Å². The molecule has 1 aromatic rings. The van der Waals surface area contributed by atoms with Crippen LogP contribution in [-0.2, 0) is 9.53 Å². The van der Waals surface area contributed by atoms with Gasteiger partial charge in [-0.05, 0) is 52.2 Å². The molecule has 4 rings (SSSR count). The Labute approximate surface area is 203 Å². The van der Waals surface area contributed by atoms with E-state index in [1.165, 1.54) is 19.3 Å². The van der Waals surface area contributed by atoms with Crippen molar-refractivity contribution in [2.24, 2.45) is 0 Å². The predicted molar refractivity (Wildman–Crippen MR) is 129 cm³/mol. The van der Waals surface area contributed by atoms with Gasteiger partial charge < -0.3 is 19.1 Å². The standard InChI is InChI=1S/C26H39N3O5/c1-26(2,3)34-25(31)29-18-22(33-21-11-6-10-20(16-21)32-4)17-23(29)24(30)28-13-7-12-27(14-15-28)19-8-5-9-19/h6,10-11,16,19,22-23H,5,7-9,12-15,17-18H2,1-4H3/t22-,23+/m0/s1. The minimum absolute atomic E-state index is 0.00180. The summed E-state index contributed by atoms with van der Waals surface area (Å²) in [6.07, 6.45) is 4.49. The lowest BCUT2D eigenvalue weighted by Gasteiger charge is -2.37. The van der Waals surface area contributed by atoms with Crippen molar-refractivity contribution in [1.29, 1.82) is 0 Å². The zero-order valence-corrected chi connectivity index (χ0v) is 21.0. The molecule has 1 aliphatic carbocycles. The zero-order valence-electron chi connectivity index (χ0n) is 21.0. The Balaban J connectivity index is 1.46. The molecular weight excluding hydrogens is 434 g/mol. The second-order valence-electron chi connectivity index (χ2n) is 10.6. The summed E-state index contributed by atoms with van der Waals surface area (Å²) in [5, 5.41) is 0. The van der Waals surface area contributed by atoms with Gasteiger partial charge in [0.05, 0.1) is 13.7 Å². The number of carbonyl (C=O) groups is 2. The van der Waals surface area contributed by atoms with Crippen molar-refractivity contribution in [2.45, 2.75) is 76.7 Å². The number of benzene rings is 1. The molecule has 0 spiro atoms. The molecule has 0 radical (unpaired) electrons. The molecule has 2 heterocycles. The number of amides is 2. The summed E-state index contributed by atoms with van der Waals surface area (Å²) in [6, 6.07) is 7.49. The van der Waals surface area contributed by atoms with Crippen LogP contribution in [-0.4, -0.2) is 90.3 Å². The van der Waals surface area contributed by atoms with Crippen molar-refractivity contribution in [1.82, 2.24) is 14.7 Å². The van der Waals surface area contributed by atoms with Crippen LogP contribution in [0.25, 0.3) is 0 Å². The molecule has 2 aliphatic heterocycles. The van der Waals surface area contributed by atoms with Crippen LogP contribution in [0.1, 0.15) is 52.9 Å². The summed E-state index contributed by atoms with van der Waals surface area (Å²) < 4.78 is 17.1. The maximum atomic E-state index is 13.7. The van der Waals surface area contributed by atoms with Crippen LogP contribution >= 0.6 is 0 Å². The summed E-state index contributed by atoms with van der Waals surface area (Å²) in [5.74, 6) is 1.36. The van der Waals surface area contributed by atoms with E-state index in [2.05, 4.69) is 4.90 Å². The predicted octanol–water partition coefficient (Wildman–Crippen LogP) is 3.54. The number of nitrogens with zero attached hydrogens (tertiary/aromatic N) is 3. The number of hydrogen-bond acceptors (Lipinski definition) is 6. The minimum atomic E-state index is -0.637. The van der Waals surface area contributed by atoms with Crippen LogP contribution in [0, 0.1) is 0 Å². The first kappa shape index (κ1) is 24.6. The van der Waals surface area contributed by atoms with Crippen molar-refractivity contribution < 1.29 is 23.8 Å². The second kappa shape index (κ2) is 10.4. The first-order valence-electron chi connectivity index (χ1n) is 12.6. The largest absolute Gasteiger partial charge is 0.497 e.